The van der Waals surface area contributed by atoms with Gasteiger partial charge in [0.1, 0.15) is 0 Å². The topological polar surface area (TPSA) is 38.0 Å². The number of halogens is 2. The lowest BCUT2D eigenvalue weighted by molar-refractivity contribution is 0.555. The number of allylic oxidation sites excluding steroid dienone is 1. The van der Waals surface area contributed by atoms with E-state index in [0.717, 1.165) is 18.4 Å². The van der Waals surface area contributed by atoms with Crippen molar-refractivity contribution in [1.29, 1.82) is 0 Å². The number of nitrogens with one attached hydrogen (secondary N) is 1. The minimum absolute atomic E-state index is 0.0840. The second-order valence-electron chi connectivity index (χ2n) is 4.97. The fourth-order valence-electron chi connectivity index (χ4n) is 2.64. The summed E-state index contributed by atoms with van der Waals surface area (Å²) in [4.78, 5) is 0. The van der Waals surface area contributed by atoms with Crippen LogP contribution in [0.25, 0.3) is 0 Å². The lowest BCUT2D eigenvalue weighted by atomic mass is 9.91. The highest BCUT2D eigenvalue weighted by molar-refractivity contribution is 6.36. The third kappa shape index (κ3) is 3.73. The molecule has 0 spiro atoms. The van der Waals surface area contributed by atoms with E-state index in [-0.39, 0.29) is 6.04 Å². The molecule has 2 rings (SSSR count). The molecule has 1 aromatic rings. The fraction of sp³-hybridized carbons (Fsp3) is 0.467. The summed E-state index contributed by atoms with van der Waals surface area (Å²) in [6.45, 7) is 0. The Morgan fingerprint density at radius 3 is 2.42 bits per heavy atom. The average Bonchev–Trinajstić information content (AvgIpc) is 2.35. The van der Waals surface area contributed by atoms with Gasteiger partial charge in [-0.3, -0.25) is 5.84 Å². The molecule has 1 aliphatic carbocycles. The Bertz CT molecular complexity index is 437. The van der Waals surface area contributed by atoms with Crippen molar-refractivity contribution in [2.45, 2.75) is 44.6 Å². The highest BCUT2D eigenvalue weighted by atomic mass is 35.5. The molecule has 2 nitrogen and oxygen atoms in total. The molecule has 4 heteroatoms. The SMILES string of the molecule is NNC(/C1=C/CCCCCC1)c1c(Cl)cccc1Cl. The zero-order valence-electron chi connectivity index (χ0n) is 11.0. The monoisotopic (exact) mass is 298 g/mol. The Morgan fingerprint density at radius 2 is 1.74 bits per heavy atom. The molecular weight excluding hydrogens is 279 g/mol. The normalized spacial score (nSPS) is 21.1. The summed E-state index contributed by atoms with van der Waals surface area (Å²) >= 11 is 12.6. The number of benzene rings is 1. The first-order valence-electron chi connectivity index (χ1n) is 6.83. The highest BCUT2D eigenvalue weighted by Crippen LogP contribution is 2.36. The van der Waals surface area contributed by atoms with Crippen molar-refractivity contribution in [1.82, 2.24) is 5.43 Å². The van der Waals surface area contributed by atoms with Gasteiger partial charge < -0.3 is 0 Å². The highest BCUT2D eigenvalue weighted by Gasteiger charge is 2.21. The van der Waals surface area contributed by atoms with Crippen LogP contribution in [0.5, 0.6) is 0 Å². The van der Waals surface area contributed by atoms with Crippen LogP contribution in [0.2, 0.25) is 10.0 Å². The van der Waals surface area contributed by atoms with Gasteiger partial charge in [-0.15, -0.1) is 0 Å². The summed E-state index contributed by atoms with van der Waals surface area (Å²) < 4.78 is 0. The molecule has 0 heterocycles. The number of hydrogen-bond acceptors (Lipinski definition) is 2. The van der Waals surface area contributed by atoms with Crippen LogP contribution in [0.1, 0.15) is 50.1 Å². The minimum Gasteiger partial charge on any atom is -0.271 e. The second kappa shape index (κ2) is 7.30. The molecule has 0 fully saturated rings. The number of rotatable bonds is 3. The molecule has 19 heavy (non-hydrogen) atoms. The predicted molar refractivity (Wildman–Crippen MR) is 82.3 cm³/mol. The third-order valence-corrected chi connectivity index (χ3v) is 4.31. The first-order valence-corrected chi connectivity index (χ1v) is 7.58. The molecule has 0 saturated carbocycles. The average molecular weight is 299 g/mol. The Kier molecular flexibility index (Phi) is 5.71. The van der Waals surface area contributed by atoms with Crippen LogP contribution in [0.15, 0.2) is 29.8 Å². The number of hydrazine groups is 1. The molecule has 0 radical (unpaired) electrons. The van der Waals surface area contributed by atoms with Crippen molar-refractivity contribution in [3.63, 3.8) is 0 Å². The molecule has 104 valence electrons. The van der Waals surface area contributed by atoms with Gasteiger partial charge in [0.25, 0.3) is 0 Å². The smallest absolute Gasteiger partial charge is 0.0699 e. The van der Waals surface area contributed by atoms with Crippen LogP contribution in [0, 0.1) is 0 Å². The Morgan fingerprint density at radius 1 is 1.05 bits per heavy atom. The van der Waals surface area contributed by atoms with Gasteiger partial charge in [0, 0.05) is 15.6 Å². The summed E-state index contributed by atoms with van der Waals surface area (Å²) in [6.07, 6.45) is 9.50. The summed E-state index contributed by atoms with van der Waals surface area (Å²) in [7, 11) is 0. The molecule has 1 atom stereocenters. The quantitative estimate of drug-likeness (QED) is 0.479. The zero-order valence-corrected chi connectivity index (χ0v) is 12.5. The first kappa shape index (κ1) is 14.9. The van der Waals surface area contributed by atoms with Gasteiger partial charge in [0.05, 0.1) is 6.04 Å². The molecule has 0 aromatic heterocycles. The van der Waals surface area contributed by atoms with E-state index in [1.54, 1.807) is 0 Å². The molecule has 1 aromatic carbocycles. The maximum atomic E-state index is 6.29. The lowest BCUT2D eigenvalue weighted by Crippen LogP contribution is -2.30. The molecule has 1 unspecified atom stereocenters. The molecule has 0 saturated heterocycles. The number of nitrogens with two attached hydrogens (primary N) is 1. The van der Waals surface area contributed by atoms with Crippen molar-refractivity contribution < 1.29 is 0 Å². The maximum absolute atomic E-state index is 6.29. The van der Waals surface area contributed by atoms with E-state index in [1.807, 2.05) is 18.2 Å². The van der Waals surface area contributed by atoms with Gasteiger partial charge in [0.2, 0.25) is 0 Å². The largest absolute Gasteiger partial charge is 0.271 e. The van der Waals surface area contributed by atoms with E-state index in [2.05, 4.69) is 11.5 Å². The molecule has 0 amide bonds. The van der Waals surface area contributed by atoms with Crippen LogP contribution in [-0.4, -0.2) is 0 Å². The van der Waals surface area contributed by atoms with Crippen LogP contribution < -0.4 is 11.3 Å². The van der Waals surface area contributed by atoms with E-state index in [4.69, 9.17) is 29.0 Å². The van der Waals surface area contributed by atoms with E-state index < -0.39 is 0 Å². The van der Waals surface area contributed by atoms with Crippen molar-refractivity contribution >= 4 is 23.2 Å². The van der Waals surface area contributed by atoms with Gasteiger partial charge in [0.15, 0.2) is 0 Å². The maximum Gasteiger partial charge on any atom is 0.0699 e. The standard InChI is InChI=1S/C15H20Cl2N2/c16-12-9-6-10-13(17)14(12)15(19-18)11-7-4-2-1-3-5-8-11/h6-7,9-10,15,19H,1-5,8,18H2/b11-7+. The van der Waals surface area contributed by atoms with Crippen LogP contribution >= 0.6 is 23.2 Å². The van der Waals surface area contributed by atoms with E-state index in [1.165, 1.54) is 31.3 Å². The summed E-state index contributed by atoms with van der Waals surface area (Å²) in [6, 6.07) is 5.49. The van der Waals surface area contributed by atoms with Gasteiger partial charge >= 0.3 is 0 Å². The Hall–Kier alpha value is -0.540. The summed E-state index contributed by atoms with van der Waals surface area (Å²) in [5.41, 5.74) is 5.07. The minimum atomic E-state index is -0.0840. The van der Waals surface area contributed by atoms with Crippen molar-refractivity contribution in [3.05, 3.63) is 45.5 Å². The van der Waals surface area contributed by atoms with Gasteiger partial charge in [-0.2, -0.15) is 0 Å². The molecular formula is C15H20Cl2N2. The first-order chi connectivity index (χ1) is 9.24. The van der Waals surface area contributed by atoms with Gasteiger partial charge in [-0.1, -0.05) is 53.8 Å². The van der Waals surface area contributed by atoms with E-state index in [9.17, 15) is 0 Å². The van der Waals surface area contributed by atoms with E-state index in [0.29, 0.717) is 10.0 Å². The fourth-order valence-corrected chi connectivity index (χ4v) is 3.26. The molecule has 0 bridgehead atoms. The van der Waals surface area contributed by atoms with E-state index >= 15 is 0 Å². The van der Waals surface area contributed by atoms with Gasteiger partial charge in [-0.05, 0) is 37.8 Å². The molecule has 0 aliphatic heterocycles. The van der Waals surface area contributed by atoms with Crippen LogP contribution in [-0.2, 0) is 0 Å². The number of hydrogen-bond donors (Lipinski definition) is 2. The summed E-state index contributed by atoms with van der Waals surface area (Å²) in [5.74, 6) is 5.76. The van der Waals surface area contributed by atoms with Crippen molar-refractivity contribution in [2.24, 2.45) is 5.84 Å². The predicted octanol–water partition coefficient (Wildman–Crippen LogP) is 4.78. The third-order valence-electron chi connectivity index (χ3n) is 3.65. The molecule has 3 N–H and O–H groups in total. The van der Waals surface area contributed by atoms with Crippen LogP contribution in [0.3, 0.4) is 0 Å². The summed E-state index contributed by atoms with van der Waals surface area (Å²) in [5, 5.41) is 1.33. The van der Waals surface area contributed by atoms with Gasteiger partial charge in [-0.25, -0.2) is 5.43 Å². The Labute approximate surface area is 124 Å². The van der Waals surface area contributed by atoms with Crippen LogP contribution in [0.4, 0.5) is 0 Å². The second-order valence-corrected chi connectivity index (χ2v) is 5.78. The van der Waals surface area contributed by atoms with Crippen molar-refractivity contribution in [3.8, 4) is 0 Å². The lowest BCUT2D eigenvalue weighted by Gasteiger charge is -2.23. The molecule has 1 aliphatic rings. The zero-order chi connectivity index (χ0) is 13.7. The Balaban J connectivity index is 2.32. The van der Waals surface area contributed by atoms with Crippen molar-refractivity contribution in [2.75, 3.05) is 0 Å².